The molecule has 0 radical (unpaired) electrons. The number of quaternary nitrogens is 1. The number of aliphatic hydroxyl groups excluding tert-OH is 1. The van der Waals surface area contributed by atoms with E-state index in [9.17, 15) is 15.0 Å². The van der Waals surface area contributed by atoms with E-state index in [-0.39, 0.29) is 6.42 Å². The van der Waals surface area contributed by atoms with Gasteiger partial charge in [0.25, 0.3) is 0 Å². The van der Waals surface area contributed by atoms with Gasteiger partial charge in [0.05, 0.1) is 33.7 Å². The van der Waals surface area contributed by atoms with Gasteiger partial charge in [-0.2, -0.15) is 0 Å². The molecule has 0 aromatic rings. The molecule has 2 unspecified atom stereocenters. The lowest BCUT2D eigenvalue weighted by Gasteiger charge is -2.36. The van der Waals surface area contributed by atoms with Gasteiger partial charge >= 0.3 is 5.97 Å². The van der Waals surface area contributed by atoms with E-state index in [0.717, 1.165) is 38.5 Å². The second kappa shape index (κ2) is 17.6. The molecule has 0 saturated carbocycles. The van der Waals surface area contributed by atoms with Crippen molar-refractivity contribution in [1.29, 1.82) is 0 Å². The van der Waals surface area contributed by atoms with E-state index in [1.54, 1.807) is 6.08 Å². The third-order valence-corrected chi connectivity index (χ3v) is 5.56. The molecule has 0 aliphatic heterocycles. The zero-order chi connectivity index (χ0) is 23.6. The summed E-state index contributed by atoms with van der Waals surface area (Å²) in [5, 5.41) is 20.0. The second-order valence-electron chi connectivity index (χ2n) is 10.2. The second-order valence-corrected chi connectivity index (χ2v) is 10.2. The van der Waals surface area contributed by atoms with Crippen LogP contribution in [-0.2, 0) is 9.53 Å². The number of ether oxygens (including phenoxy) is 1. The molecule has 0 spiro atoms. The van der Waals surface area contributed by atoms with Crippen LogP contribution in [0.1, 0.15) is 104 Å². The Hall–Kier alpha value is -0.910. The van der Waals surface area contributed by atoms with E-state index in [4.69, 9.17) is 4.74 Å². The van der Waals surface area contributed by atoms with Crippen LogP contribution in [0.4, 0.5) is 0 Å². The number of carbonyl (C=O) groups is 1. The number of nitrogens with zero attached hydrogens (tertiary/aromatic N) is 1. The van der Waals surface area contributed by atoms with Gasteiger partial charge in [-0.1, -0.05) is 90.6 Å². The molecule has 184 valence electrons. The van der Waals surface area contributed by atoms with Crippen LogP contribution in [0.5, 0.6) is 0 Å². The van der Waals surface area contributed by atoms with Crippen LogP contribution in [0.25, 0.3) is 0 Å². The molecule has 5 heteroatoms. The van der Waals surface area contributed by atoms with Crippen molar-refractivity contribution in [3.05, 3.63) is 12.2 Å². The van der Waals surface area contributed by atoms with Gasteiger partial charge in [0.15, 0.2) is 0 Å². The van der Waals surface area contributed by atoms with Crippen molar-refractivity contribution in [2.45, 2.75) is 115 Å². The van der Waals surface area contributed by atoms with Crippen molar-refractivity contribution in [3.8, 4) is 0 Å². The highest BCUT2D eigenvalue weighted by Gasteiger charge is 2.37. The number of carboxylic acid groups (broad SMARTS) is 1. The topological polar surface area (TPSA) is 66.8 Å². The number of carboxylic acids is 1. The maximum absolute atomic E-state index is 11.6. The van der Waals surface area contributed by atoms with E-state index in [0.29, 0.717) is 17.6 Å². The number of hydrogen-bond acceptors (Lipinski definition) is 3. The highest BCUT2D eigenvalue weighted by atomic mass is 16.5. The molecule has 0 heterocycles. The molecule has 0 bridgehead atoms. The van der Waals surface area contributed by atoms with Crippen molar-refractivity contribution in [1.82, 2.24) is 0 Å². The largest absolute Gasteiger partial charge is 0.481 e. The first kappa shape index (κ1) is 30.1. The summed E-state index contributed by atoms with van der Waals surface area (Å²) in [5.74, 6) is -0.873. The first-order chi connectivity index (χ1) is 14.6. The van der Waals surface area contributed by atoms with Crippen molar-refractivity contribution in [2.24, 2.45) is 0 Å². The van der Waals surface area contributed by atoms with Crippen molar-refractivity contribution in [2.75, 3.05) is 34.3 Å². The van der Waals surface area contributed by atoms with Crippen LogP contribution >= 0.6 is 0 Å². The Kier molecular flexibility index (Phi) is 17.1. The predicted octanol–water partition coefficient (Wildman–Crippen LogP) is 5.95. The molecule has 0 aromatic carbocycles. The lowest BCUT2D eigenvalue weighted by molar-refractivity contribution is -0.876. The quantitative estimate of drug-likeness (QED) is 0.131. The van der Waals surface area contributed by atoms with E-state index >= 15 is 0 Å². The standard InChI is InChI=1S/C26H51NO4/c1-6-8-10-11-12-13-14-15-16-18-24(28)19-20-26(22-25(29)30,23-27(3,4)5)31-21-17-9-7-2/h19-20,24,28H,6-18,21-23H2,1-5H3/p+1. The lowest BCUT2D eigenvalue weighted by atomic mass is 9.95. The molecule has 0 fully saturated rings. The molecule has 0 aromatic heterocycles. The van der Waals surface area contributed by atoms with Gasteiger partial charge in [-0.05, 0) is 18.9 Å². The minimum absolute atomic E-state index is 0.0874. The molecular formula is C26H52NO4+. The molecule has 0 aliphatic carbocycles. The average molecular weight is 443 g/mol. The molecule has 2 N–H and O–H groups in total. The fourth-order valence-electron chi connectivity index (χ4n) is 4.05. The zero-order valence-electron chi connectivity index (χ0n) is 21.2. The maximum atomic E-state index is 11.6. The van der Waals surface area contributed by atoms with Gasteiger partial charge in [-0.25, -0.2) is 0 Å². The van der Waals surface area contributed by atoms with Gasteiger partial charge in [-0.3, -0.25) is 4.79 Å². The minimum Gasteiger partial charge on any atom is -0.481 e. The summed E-state index contributed by atoms with van der Waals surface area (Å²) >= 11 is 0. The van der Waals surface area contributed by atoms with Crippen LogP contribution < -0.4 is 0 Å². The Morgan fingerprint density at radius 2 is 1.42 bits per heavy atom. The monoisotopic (exact) mass is 442 g/mol. The van der Waals surface area contributed by atoms with E-state index in [2.05, 4.69) is 13.8 Å². The van der Waals surface area contributed by atoms with Crippen molar-refractivity contribution >= 4 is 5.97 Å². The van der Waals surface area contributed by atoms with Crippen molar-refractivity contribution < 1.29 is 24.2 Å². The summed E-state index contributed by atoms with van der Waals surface area (Å²) in [6, 6.07) is 0. The lowest BCUT2D eigenvalue weighted by Crippen LogP contribution is -2.51. The third-order valence-electron chi connectivity index (χ3n) is 5.56. The van der Waals surface area contributed by atoms with Crippen molar-refractivity contribution in [3.63, 3.8) is 0 Å². The number of likely N-dealkylation sites (N-methyl/N-ethyl adjacent to an activating group) is 1. The number of aliphatic hydroxyl groups is 1. The molecule has 2 atom stereocenters. The van der Waals surface area contributed by atoms with Crippen LogP contribution in [0.2, 0.25) is 0 Å². The number of aliphatic carboxylic acids is 1. The van der Waals surface area contributed by atoms with E-state index in [1.165, 1.54) is 44.9 Å². The molecule has 0 aliphatic rings. The Morgan fingerprint density at radius 3 is 1.94 bits per heavy atom. The SMILES string of the molecule is CCCCCCCCCCCC(O)C=CC(CC(=O)O)(C[N+](C)(C)C)OCCCCC. The van der Waals surface area contributed by atoms with Gasteiger partial charge in [-0.15, -0.1) is 0 Å². The molecule has 31 heavy (non-hydrogen) atoms. The van der Waals surface area contributed by atoms with E-state index < -0.39 is 17.7 Å². The smallest absolute Gasteiger partial charge is 0.306 e. The Morgan fingerprint density at radius 1 is 0.903 bits per heavy atom. The molecule has 0 amide bonds. The van der Waals surface area contributed by atoms with Gasteiger partial charge in [0.2, 0.25) is 0 Å². The van der Waals surface area contributed by atoms with Crippen LogP contribution in [0.15, 0.2) is 12.2 Å². The van der Waals surface area contributed by atoms with Gasteiger partial charge < -0.3 is 19.4 Å². The number of hydrogen-bond donors (Lipinski definition) is 2. The fourth-order valence-corrected chi connectivity index (χ4v) is 4.05. The Bertz CT molecular complexity index is 473. The van der Waals surface area contributed by atoms with E-state index in [1.807, 2.05) is 27.2 Å². The fraction of sp³-hybridized carbons (Fsp3) is 0.885. The maximum Gasteiger partial charge on any atom is 0.306 e. The van der Waals surface area contributed by atoms with Gasteiger partial charge in [0, 0.05) is 6.61 Å². The zero-order valence-corrected chi connectivity index (χ0v) is 21.2. The Balaban J connectivity index is 4.66. The average Bonchev–Trinajstić information content (AvgIpc) is 2.67. The summed E-state index contributed by atoms with van der Waals surface area (Å²) in [5.41, 5.74) is -0.892. The highest BCUT2D eigenvalue weighted by Crippen LogP contribution is 2.24. The minimum atomic E-state index is -0.892. The van der Waals surface area contributed by atoms with Gasteiger partial charge in [0.1, 0.15) is 12.1 Å². The summed E-state index contributed by atoms with van der Waals surface area (Å²) in [6.07, 6.45) is 18.1. The van der Waals surface area contributed by atoms with Crippen LogP contribution in [-0.4, -0.2) is 66.7 Å². The third kappa shape index (κ3) is 18.4. The summed E-state index contributed by atoms with van der Waals surface area (Å²) in [4.78, 5) is 11.6. The summed E-state index contributed by atoms with van der Waals surface area (Å²) in [6.45, 7) is 5.47. The summed E-state index contributed by atoms with van der Waals surface area (Å²) < 4.78 is 6.77. The summed E-state index contributed by atoms with van der Waals surface area (Å²) in [7, 11) is 6.12. The normalized spacial score (nSPS) is 15.3. The molecule has 0 rings (SSSR count). The Labute approximate surface area is 192 Å². The number of unbranched alkanes of at least 4 members (excludes halogenated alkanes) is 10. The predicted molar refractivity (Wildman–Crippen MR) is 130 cm³/mol. The van der Waals surface area contributed by atoms with Crippen LogP contribution in [0.3, 0.4) is 0 Å². The highest BCUT2D eigenvalue weighted by molar-refractivity contribution is 5.68. The first-order valence-corrected chi connectivity index (χ1v) is 12.7. The molecule has 5 nitrogen and oxygen atoms in total. The number of rotatable bonds is 21. The van der Waals surface area contributed by atoms with Crippen LogP contribution in [0, 0.1) is 0 Å². The first-order valence-electron chi connectivity index (χ1n) is 12.7. The molecular weight excluding hydrogens is 390 g/mol. The molecule has 0 saturated heterocycles.